The highest BCUT2D eigenvalue weighted by atomic mass is 16.5. The predicted molar refractivity (Wildman–Crippen MR) is 61.5 cm³/mol. The third-order valence-corrected chi connectivity index (χ3v) is 2.03. The van der Waals surface area contributed by atoms with Crippen molar-refractivity contribution in [2.75, 3.05) is 7.11 Å². The SMILES string of the molecule is COc1ccc(/C=C/CC(C)C)cc1. The van der Waals surface area contributed by atoms with Crippen LogP contribution in [-0.2, 0) is 0 Å². The number of benzene rings is 1. The van der Waals surface area contributed by atoms with E-state index in [1.165, 1.54) is 5.56 Å². The maximum atomic E-state index is 5.09. The predicted octanol–water partition coefficient (Wildman–Crippen LogP) is 3.75. The number of allylic oxidation sites excluding steroid dienone is 1. The molecule has 0 saturated heterocycles. The van der Waals surface area contributed by atoms with E-state index < -0.39 is 0 Å². The number of hydrogen-bond donors (Lipinski definition) is 0. The van der Waals surface area contributed by atoms with Crippen LogP contribution in [0.3, 0.4) is 0 Å². The van der Waals surface area contributed by atoms with Crippen molar-refractivity contribution in [2.24, 2.45) is 5.92 Å². The molecular formula is C13H18O. The van der Waals surface area contributed by atoms with Gasteiger partial charge in [0.15, 0.2) is 0 Å². The summed E-state index contributed by atoms with van der Waals surface area (Å²) in [5, 5.41) is 0. The van der Waals surface area contributed by atoms with Gasteiger partial charge in [-0.05, 0) is 30.0 Å². The second-order valence-electron chi connectivity index (χ2n) is 3.81. The van der Waals surface area contributed by atoms with E-state index in [0.29, 0.717) is 0 Å². The molecule has 76 valence electrons. The van der Waals surface area contributed by atoms with Crippen molar-refractivity contribution in [3.63, 3.8) is 0 Å². The van der Waals surface area contributed by atoms with E-state index in [-0.39, 0.29) is 0 Å². The third kappa shape index (κ3) is 3.65. The normalized spacial score (nSPS) is 11.1. The summed E-state index contributed by atoms with van der Waals surface area (Å²) in [6, 6.07) is 8.09. The summed E-state index contributed by atoms with van der Waals surface area (Å²) < 4.78 is 5.09. The highest BCUT2D eigenvalue weighted by Crippen LogP contribution is 2.13. The summed E-state index contributed by atoms with van der Waals surface area (Å²) in [7, 11) is 1.68. The van der Waals surface area contributed by atoms with Gasteiger partial charge in [-0.1, -0.05) is 38.1 Å². The monoisotopic (exact) mass is 190 g/mol. The number of hydrogen-bond acceptors (Lipinski definition) is 1. The van der Waals surface area contributed by atoms with E-state index in [1.54, 1.807) is 7.11 Å². The van der Waals surface area contributed by atoms with E-state index in [1.807, 2.05) is 12.1 Å². The second kappa shape index (κ2) is 5.48. The smallest absolute Gasteiger partial charge is 0.118 e. The molecule has 0 bridgehead atoms. The van der Waals surface area contributed by atoms with Crippen LogP contribution in [0.25, 0.3) is 6.08 Å². The standard InChI is InChI=1S/C13H18O/c1-11(2)5-4-6-12-7-9-13(14-3)10-8-12/h4,6-11H,5H2,1-3H3/b6-4+. The number of ether oxygens (including phenoxy) is 1. The molecule has 1 heteroatoms. The Hall–Kier alpha value is -1.24. The first-order chi connectivity index (χ1) is 6.72. The van der Waals surface area contributed by atoms with Gasteiger partial charge >= 0.3 is 0 Å². The van der Waals surface area contributed by atoms with Crippen molar-refractivity contribution in [2.45, 2.75) is 20.3 Å². The molecule has 0 aliphatic carbocycles. The van der Waals surface area contributed by atoms with Crippen molar-refractivity contribution in [1.82, 2.24) is 0 Å². The van der Waals surface area contributed by atoms with Gasteiger partial charge in [0.2, 0.25) is 0 Å². The molecule has 0 spiro atoms. The summed E-state index contributed by atoms with van der Waals surface area (Å²) in [5.74, 6) is 1.63. The van der Waals surface area contributed by atoms with Gasteiger partial charge < -0.3 is 4.74 Å². The Kier molecular flexibility index (Phi) is 4.24. The van der Waals surface area contributed by atoms with Crippen LogP contribution in [-0.4, -0.2) is 7.11 Å². The molecule has 1 aromatic carbocycles. The molecule has 0 amide bonds. The Morgan fingerprint density at radius 3 is 2.36 bits per heavy atom. The highest BCUT2D eigenvalue weighted by molar-refractivity contribution is 5.50. The van der Waals surface area contributed by atoms with Crippen molar-refractivity contribution >= 4 is 6.08 Å². The summed E-state index contributed by atoms with van der Waals surface area (Å²) in [6.07, 6.45) is 5.50. The minimum Gasteiger partial charge on any atom is -0.497 e. The fourth-order valence-corrected chi connectivity index (χ4v) is 1.19. The van der Waals surface area contributed by atoms with Crippen molar-refractivity contribution in [3.8, 4) is 5.75 Å². The van der Waals surface area contributed by atoms with Gasteiger partial charge in [0.1, 0.15) is 5.75 Å². The molecule has 0 heterocycles. The summed E-state index contributed by atoms with van der Waals surface area (Å²) in [5.41, 5.74) is 1.23. The van der Waals surface area contributed by atoms with Crippen molar-refractivity contribution < 1.29 is 4.74 Å². The van der Waals surface area contributed by atoms with Gasteiger partial charge in [0, 0.05) is 0 Å². The molecular weight excluding hydrogens is 172 g/mol. The first kappa shape index (κ1) is 10.8. The van der Waals surface area contributed by atoms with Crippen LogP contribution in [0, 0.1) is 5.92 Å². The van der Waals surface area contributed by atoms with E-state index in [4.69, 9.17) is 4.74 Å². The van der Waals surface area contributed by atoms with Crippen LogP contribution < -0.4 is 4.74 Å². The Bertz CT molecular complexity index is 283. The molecule has 0 unspecified atom stereocenters. The maximum absolute atomic E-state index is 5.09. The van der Waals surface area contributed by atoms with Gasteiger partial charge in [0.05, 0.1) is 7.11 Å². The molecule has 0 N–H and O–H groups in total. The first-order valence-electron chi connectivity index (χ1n) is 5.03. The van der Waals surface area contributed by atoms with Crippen molar-refractivity contribution in [1.29, 1.82) is 0 Å². The van der Waals surface area contributed by atoms with Gasteiger partial charge in [-0.2, -0.15) is 0 Å². The lowest BCUT2D eigenvalue weighted by Gasteiger charge is -2.00. The summed E-state index contributed by atoms with van der Waals surface area (Å²) in [6.45, 7) is 4.44. The highest BCUT2D eigenvalue weighted by Gasteiger charge is 1.91. The molecule has 0 atom stereocenters. The number of rotatable bonds is 4. The zero-order valence-corrected chi connectivity index (χ0v) is 9.16. The van der Waals surface area contributed by atoms with Crippen LogP contribution in [0.2, 0.25) is 0 Å². The molecule has 0 radical (unpaired) electrons. The quantitative estimate of drug-likeness (QED) is 0.702. The average Bonchev–Trinajstić information content (AvgIpc) is 2.18. The fraction of sp³-hybridized carbons (Fsp3) is 0.385. The van der Waals surface area contributed by atoms with E-state index >= 15 is 0 Å². The van der Waals surface area contributed by atoms with Gasteiger partial charge in [-0.3, -0.25) is 0 Å². The van der Waals surface area contributed by atoms with E-state index in [2.05, 4.69) is 38.1 Å². The van der Waals surface area contributed by atoms with Crippen LogP contribution in [0.15, 0.2) is 30.3 Å². The minimum absolute atomic E-state index is 0.726. The lowest BCUT2D eigenvalue weighted by atomic mass is 10.1. The van der Waals surface area contributed by atoms with Crippen LogP contribution in [0.5, 0.6) is 5.75 Å². The lowest BCUT2D eigenvalue weighted by molar-refractivity contribution is 0.415. The summed E-state index contributed by atoms with van der Waals surface area (Å²) in [4.78, 5) is 0. The zero-order valence-electron chi connectivity index (χ0n) is 9.16. The van der Waals surface area contributed by atoms with Gasteiger partial charge in [-0.25, -0.2) is 0 Å². The molecule has 0 saturated carbocycles. The molecule has 0 fully saturated rings. The van der Waals surface area contributed by atoms with E-state index in [9.17, 15) is 0 Å². The minimum atomic E-state index is 0.726. The lowest BCUT2D eigenvalue weighted by Crippen LogP contribution is -1.82. The maximum Gasteiger partial charge on any atom is 0.118 e. The Balaban J connectivity index is 2.55. The Morgan fingerprint density at radius 2 is 1.86 bits per heavy atom. The molecule has 0 aliphatic heterocycles. The number of methoxy groups -OCH3 is 1. The van der Waals surface area contributed by atoms with Crippen LogP contribution in [0.1, 0.15) is 25.8 Å². The zero-order chi connectivity index (χ0) is 10.4. The van der Waals surface area contributed by atoms with E-state index in [0.717, 1.165) is 18.1 Å². The molecule has 1 nitrogen and oxygen atoms in total. The third-order valence-electron chi connectivity index (χ3n) is 2.03. The molecule has 0 aromatic heterocycles. The average molecular weight is 190 g/mol. The fourth-order valence-electron chi connectivity index (χ4n) is 1.19. The Morgan fingerprint density at radius 1 is 1.21 bits per heavy atom. The summed E-state index contributed by atoms with van der Waals surface area (Å²) >= 11 is 0. The Labute approximate surface area is 86.4 Å². The molecule has 1 aromatic rings. The van der Waals surface area contributed by atoms with Crippen LogP contribution >= 0.6 is 0 Å². The topological polar surface area (TPSA) is 9.23 Å². The second-order valence-corrected chi connectivity index (χ2v) is 3.81. The molecule has 14 heavy (non-hydrogen) atoms. The van der Waals surface area contributed by atoms with Crippen LogP contribution in [0.4, 0.5) is 0 Å². The molecule has 0 aliphatic rings. The van der Waals surface area contributed by atoms with Gasteiger partial charge in [-0.15, -0.1) is 0 Å². The largest absolute Gasteiger partial charge is 0.497 e. The van der Waals surface area contributed by atoms with Gasteiger partial charge in [0.25, 0.3) is 0 Å². The molecule has 1 rings (SSSR count). The van der Waals surface area contributed by atoms with Crippen molar-refractivity contribution in [3.05, 3.63) is 35.9 Å². The first-order valence-corrected chi connectivity index (χ1v) is 5.03.